The van der Waals surface area contributed by atoms with E-state index in [0.29, 0.717) is 47.1 Å². The highest BCUT2D eigenvalue weighted by Crippen LogP contribution is 2.37. The molecule has 2 heterocycles. The summed E-state index contributed by atoms with van der Waals surface area (Å²) >= 11 is 6.22. The molecule has 1 saturated heterocycles. The molecule has 2 fully saturated rings. The molecule has 3 N–H and O–H groups in total. The molecule has 1 aliphatic heterocycles. The van der Waals surface area contributed by atoms with Crippen molar-refractivity contribution in [3.05, 3.63) is 23.0 Å². The predicted molar refractivity (Wildman–Crippen MR) is 121 cm³/mol. The highest BCUT2D eigenvalue weighted by atomic mass is 35.5. The number of Topliss-reactive ketones (excluding diaryl/α,β-unsaturated/α-hetero) is 1. The molecule has 0 spiro atoms. The Morgan fingerprint density at radius 3 is 2.76 bits per heavy atom. The Labute approximate surface area is 196 Å². The minimum absolute atomic E-state index is 0.0375. The molecule has 1 aromatic heterocycles. The Bertz CT molecular complexity index is 1120. The fourth-order valence-corrected chi connectivity index (χ4v) is 4.48. The lowest BCUT2D eigenvalue weighted by Gasteiger charge is -2.19. The third-order valence-corrected chi connectivity index (χ3v) is 6.62. The van der Waals surface area contributed by atoms with Gasteiger partial charge in [-0.25, -0.2) is 4.98 Å². The smallest absolute Gasteiger partial charge is 0.224 e. The summed E-state index contributed by atoms with van der Waals surface area (Å²) in [5.74, 6) is -0.572. The van der Waals surface area contributed by atoms with E-state index in [4.69, 9.17) is 16.3 Å². The minimum atomic E-state index is -0.780. The number of carbonyl (C=O) groups excluding carboxylic acids is 3. The zero-order chi connectivity index (χ0) is 23.5. The number of benzene rings is 1. The molecule has 3 atom stereocenters. The van der Waals surface area contributed by atoms with Gasteiger partial charge in [-0.15, -0.1) is 0 Å². The van der Waals surface area contributed by atoms with Crippen LogP contribution in [0.15, 0.2) is 12.1 Å². The number of aromatic amines is 1. The van der Waals surface area contributed by atoms with Crippen LogP contribution in [0.2, 0.25) is 5.02 Å². The Kier molecular flexibility index (Phi) is 6.84. The van der Waals surface area contributed by atoms with Gasteiger partial charge < -0.3 is 20.4 Å². The molecule has 10 heteroatoms. The quantitative estimate of drug-likeness (QED) is 0.455. The number of ketones is 1. The molecule has 1 aromatic carbocycles. The number of H-pyrrole nitrogens is 1. The largest absolute Gasteiger partial charge is 0.494 e. The highest BCUT2D eigenvalue weighted by Gasteiger charge is 2.34. The summed E-state index contributed by atoms with van der Waals surface area (Å²) in [6.45, 7) is 0.584. The van der Waals surface area contributed by atoms with Crippen molar-refractivity contribution in [2.45, 2.75) is 44.6 Å². The molecule has 4 rings (SSSR count). The van der Waals surface area contributed by atoms with E-state index in [9.17, 15) is 19.6 Å². The van der Waals surface area contributed by atoms with E-state index in [1.165, 1.54) is 7.11 Å². The number of halogens is 1. The van der Waals surface area contributed by atoms with Crippen LogP contribution in [0.25, 0.3) is 11.0 Å². The Balaban J connectivity index is 1.47. The van der Waals surface area contributed by atoms with Gasteiger partial charge in [-0.3, -0.25) is 14.4 Å². The summed E-state index contributed by atoms with van der Waals surface area (Å²) in [5, 5.41) is 15.4. The average Bonchev–Trinajstić information content (AvgIpc) is 3.34. The van der Waals surface area contributed by atoms with Crippen LogP contribution in [0.5, 0.6) is 5.75 Å². The molecule has 174 valence electrons. The number of fused-ring (bicyclic) bond motifs is 1. The number of carbonyl (C=O) groups is 3. The summed E-state index contributed by atoms with van der Waals surface area (Å²) in [5.41, 5.74) is 0.956. The van der Waals surface area contributed by atoms with Crippen LogP contribution >= 0.6 is 11.6 Å². The fourth-order valence-electron chi connectivity index (χ4n) is 4.29. The third kappa shape index (κ3) is 5.28. The van der Waals surface area contributed by atoms with Crippen LogP contribution in [0.3, 0.4) is 0 Å². The van der Waals surface area contributed by atoms with E-state index in [2.05, 4.69) is 26.7 Å². The lowest BCUT2D eigenvalue weighted by molar-refractivity contribution is -0.127. The second-order valence-corrected chi connectivity index (χ2v) is 9.17. The molecule has 2 aromatic rings. The van der Waals surface area contributed by atoms with Gasteiger partial charge in [0.1, 0.15) is 22.8 Å². The second-order valence-electron chi connectivity index (χ2n) is 8.76. The molecule has 9 nitrogen and oxygen atoms in total. The number of nitriles is 1. The van der Waals surface area contributed by atoms with E-state index in [1.807, 2.05) is 0 Å². The Morgan fingerprint density at radius 2 is 2.12 bits per heavy atom. The first-order valence-corrected chi connectivity index (χ1v) is 11.5. The molecule has 1 saturated carbocycles. The van der Waals surface area contributed by atoms with Crippen molar-refractivity contribution in [1.29, 1.82) is 5.26 Å². The summed E-state index contributed by atoms with van der Waals surface area (Å²) in [4.78, 5) is 45.2. The lowest BCUT2D eigenvalue weighted by atomic mass is 9.93. The van der Waals surface area contributed by atoms with Crippen molar-refractivity contribution in [1.82, 2.24) is 20.6 Å². The lowest BCUT2D eigenvalue weighted by Crippen LogP contribution is -2.40. The summed E-state index contributed by atoms with van der Waals surface area (Å²) in [6.07, 6.45) is 3.50. The Morgan fingerprint density at radius 1 is 1.33 bits per heavy atom. The number of aromatic nitrogens is 2. The molecular formula is C23H26ClN5O4. The van der Waals surface area contributed by atoms with Crippen LogP contribution < -0.4 is 15.4 Å². The van der Waals surface area contributed by atoms with Crippen molar-refractivity contribution < 1.29 is 19.1 Å². The van der Waals surface area contributed by atoms with E-state index in [-0.39, 0.29) is 42.2 Å². The van der Waals surface area contributed by atoms with Gasteiger partial charge in [-0.1, -0.05) is 24.4 Å². The number of imidazole rings is 1. The van der Waals surface area contributed by atoms with Gasteiger partial charge in [0.25, 0.3) is 0 Å². The SMILES string of the molecule is COc1ccc(Cl)c2nc(C(=O)C[C@@H](CC3CC3)C(=O)N[C@H](C#N)C[C@@H]3CCNC3=O)[nH]c12. The van der Waals surface area contributed by atoms with Crippen molar-refractivity contribution in [3.63, 3.8) is 0 Å². The topological polar surface area (TPSA) is 137 Å². The van der Waals surface area contributed by atoms with E-state index >= 15 is 0 Å². The van der Waals surface area contributed by atoms with Crippen molar-refractivity contribution in [2.75, 3.05) is 13.7 Å². The number of ether oxygens (including phenoxy) is 1. The second kappa shape index (κ2) is 9.79. The van der Waals surface area contributed by atoms with Crippen LogP contribution in [0, 0.1) is 29.1 Å². The molecule has 2 amide bonds. The van der Waals surface area contributed by atoms with Crippen LogP contribution in [0.4, 0.5) is 0 Å². The third-order valence-electron chi connectivity index (χ3n) is 6.31. The molecule has 0 unspecified atom stereocenters. The first kappa shape index (κ1) is 23.1. The van der Waals surface area contributed by atoms with E-state index in [0.717, 1.165) is 12.8 Å². The summed E-state index contributed by atoms with van der Waals surface area (Å²) < 4.78 is 5.31. The number of rotatable bonds is 10. The predicted octanol–water partition coefficient (Wildman–Crippen LogP) is 2.75. The zero-order valence-electron chi connectivity index (χ0n) is 18.3. The number of hydrogen-bond donors (Lipinski definition) is 3. The van der Waals surface area contributed by atoms with E-state index < -0.39 is 12.0 Å². The fraction of sp³-hybridized carbons (Fsp3) is 0.522. The highest BCUT2D eigenvalue weighted by molar-refractivity contribution is 6.35. The molecule has 0 radical (unpaired) electrons. The van der Waals surface area contributed by atoms with Crippen molar-refractivity contribution in [2.24, 2.45) is 17.8 Å². The monoisotopic (exact) mass is 471 g/mol. The summed E-state index contributed by atoms with van der Waals surface area (Å²) in [7, 11) is 1.52. The Hall–Kier alpha value is -3.12. The number of methoxy groups -OCH3 is 1. The summed E-state index contributed by atoms with van der Waals surface area (Å²) in [6, 6.07) is 4.64. The molecule has 0 bridgehead atoms. The normalized spacial score (nSPS) is 19.5. The van der Waals surface area contributed by atoms with Gasteiger partial charge in [-0.2, -0.15) is 5.26 Å². The number of amides is 2. The maximum atomic E-state index is 13.0. The van der Waals surface area contributed by atoms with Gasteiger partial charge in [0.05, 0.1) is 18.2 Å². The van der Waals surface area contributed by atoms with Gasteiger partial charge in [0.15, 0.2) is 11.6 Å². The standard InChI is InChI=1S/C23H26ClN5O4/c1-33-18-5-4-16(24)19-20(18)29-21(28-19)17(30)10-14(8-12-2-3-12)23(32)27-15(11-25)9-13-6-7-26-22(13)31/h4-5,12-15H,2-3,6-10H2,1H3,(H,26,31)(H,27,32)(H,28,29)/t13-,14+,15-/m0/s1. The van der Waals surface area contributed by atoms with Gasteiger partial charge in [0.2, 0.25) is 11.8 Å². The maximum absolute atomic E-state index is 13.0. The first-order valence-electron chi connectivity index (χ1n) is 11.1. The first-order chi connectivity index (χ1) is 15.9. The zero-order valence-corrected chi connectivity index (χ0v) is 19.1. The van der Waals surface area contributed by atoms with Crippen molar-refractivity contribution in [3.8, 4) is 11.8 Å². The van der Waals surface area contributed by atoms with Crippen LogP contribution in [-0.4, -0.2) is 47.3 Å². The minimum Gasteiger partial charge on any atom is -0.494 e. The number of nitrogens with zero attached hydrogens (tertiary/aromatic N) is 2. The van der Waals surface area contributed by atoms with Crippen LogP contribution in [0.1, 0.15) is 49.1 Å². The number of nitrogens with one attached hydrogen (secondary N) is 3. The van der Waals surface area contributed by atoms with Gasteiger partial charge in [-0.05, 0) is 37.3 Å². The van der Waals surface area contributed by atoms with Gasteiger partial charge >= 0.3 is 0 Å². The molecule has 2 aliphatic rings. The van der Waals surface area contributed by atoms with Crippen molar-refractivity contribution >= 4 is 40.2 Å². The molecule has 1 aliphatic carbocycles. The number of hydrogen-bond acceptors (Lipinski definition) is 6. The average molecular weight is 472 g/mol. The van der Waals surface area contributed by atoms with Crippen LogP contribution in [-0.2, 0) is 9.59 Å². The molecular weight excluding hydrogens is 446 g/mol. The maximum Gasteiger partial charge on any atom is 0.224 e. The van der Waals surface area contributed by atoms with E-state index in [1.54, 1.807) is 12.1 Å². The van der Waals surface area contributed by atoms with Gasteiger partial charge in [0, 0.05) is 24.8 Å². The molecule has 33 heavy (non-hydrogen) atoms.